The fourth-order valence-corrected chi connectivity index (χ4v) is 2.80. The van der Waals surface area contributed by atoms with Crippen molar-refractivity contribution in [2.45, 2.75) is 38.1 Å². The first-order chi connectivity index (χ1) is 6.89. The molecule has 3 rings (SSSR count). The molecule has 2 heteroatoms. The maximum atomic E-state index is 4.13. The third-order valence-corrected chi connectivity index (χ3v) is 4.02. The van der Waals surface area contributed by atoms with Gasteiger partial charge >= 0.3 is 0 Å². The number of aromatic nitrogens is 1. The zero-order chi connectivity index (χ0) is 9.43. The molecule has 1 spiro atoms. The molecule has 2 aliphatic carbocycles. The number of hydrogen-bond acceptors (Lipinski definition) is 2. The molecule has 1 aromatic heterocycles. The Balaban J connectivity index is 1.68. The molecule has 0 aromatic carbocycles. The van der Waals surface area contributed by atoms with Gasteiger partial charge in [-0.25, -0.2) is 0 Å². The second kappa shape index (κ2) is 2.97. The maximum Gasteiger partial charge on any atom is 0.0529 e. The molecule has 1 aromatic rings. The van der Waals surface area contributed by atoms with E-state index in [4.69, 9.17) is 0 Å². The van der Waals surface area contributed by atoms with E-state index >= 15 is 0 Å². The average molecular weight is 188 g/mol. The molecule has 1 atom stereocenters. The van der Waals surface area contributed by atoms with E-state index in [0.717, 1.165) is 6.04 Å². The average Bonchev–Trinajstić information content (AvgIpc) is 2.12. The van der Waals surface area contributed by atoms with Gasteiger partial charge in [0.1, 0.15) is 0 Å². The molecule has 2 nitrogen and oxygen atoms in total. The van der Waals surface area contributed by atoms with E-state index in [1.54, 1.807) is 0 Å². The molecule has 2 saturated carbocycles. The lowest BCUT2D eigenvalue weighted by atomic mass is 9.53. The molecule has 0 saturated heterocycles. The summed E-state index contributed by atoms with van der Waals surface area (Å²) >= 11 is 0. The van der Waals surface area contributed by atoms with Gasteiger partial charge in [-0.3, -0.25) is 4.98 Å². The summed E-state index contributed by atoms with van der Waals surface area (Å²) in [5.41, 5.74) is 1.86. The van der Waals surface area contributed by atoms with Crippen LogP contribution < -0.4 is 5.32 Å². The molecule has 2 fully saturated rings. The third-order valence-electron chi connectivity index (χ3n) is 4.02. The number of rotatable bonds is 2. The second-order valence-electron chi connectivity index (χ2n) is 4.69. The van der Waals surface area contributed by atoms with Crippen LogP contribution in [0.4, 0.5) is 5.69 Å². The van der Waals surface area contributed by atoms with Gasteiger partial charge in [0.25, 0.3) is 0 Å². The van der Waals surface area contributed by atoms with Crippen molar-refractivity contribution in [1.82, 2.24) is 4.98 Å². The number of nitrogens with one attached hydrogen (secondary N) is 1. The highest BCUT2D eigenvalue weighted by molar-refractivity contribution is 5.42. The lowest BCUT2D eigenvalue weighted by Gasteiger charge is -2.56. The quantitative estimate of drug-likeness (QED) is 0.772. The van der Waals surface area contributed by atoms with E-state index in [-0.39, 0.29) is 0 Å². The number of hydrogen-bond donors (Lipinski definition) is 1. The summed E-state index contributed by atoms with van der Waals surface area (Å²) in [5, 5.41) is 3.61. The topological polar surface area (TPSA) is 24.9 Å². The molecule has 2 aliphatic rings. The van der Waals surface area contributed by atoms with E-state index in [0.29, 0.717) is 5.41 Å². The Bertz CT molecular complexity index is 311. The zero-order valence-corrected chi connectivity index (χ0v) is 8.37. The van der Waals surface area contributed by atoms with Crippen molar-refractivity contribution in [1.29, 1.82) is 0 Å². The Kier molecular flexibility index (Phi) is 1.76. The minimum absolute atomic E-state index is 0.676. The molecular weight excluding hydrogens is 172 g/mol. The van der Waals surface area contributed by atoms with Crippen molar-refractivity contribution in [3.63, 3.8) is 0 Å². The van der Waals surface area contributed by atoms with E-state index in [2.05, 4.69) is 16.4 Å². The van der Waals surface area contributed by atoms with Gasteiger partial charge in [-0.05, 0) is 43.2 Å². The SMILES string of the molecule is c1cncc(NC2CCC23CCC3)c1. The minimum atomic E-state index is 0.676. The van der Waals surface area contributed by atoms with Crippen LogP contribution in [0.2, 0.25) is 0 Å². The van der Waals surface area contributed by atoms with Crippen LogP contribution in [0.25, 0.3) is 0 Å². The van der Waals surface area contributed by atoms with Crippen LogP contribution in [0.5, 0.6) is 0 Å². The van der Waals surface area contributed by atoms with Crippen molar-refractivity contribution in [2.75, 3.05) is 5.32 Å². The molecule has 0 bridgehead atoms. The van der Waals surface area contributed by atoms with Crippen LogP contribution in [0.3, 0.4) is 0 Å². The van der Waals surface area contributed by atoms with Crippen LogP contribution in [0, 0.1) is 5.41 Å². The monoisotopic (exact) mass is 188 g/mol. The summed E-state index contributed by atoms with van der Waals surface area (Å²) in [6.07, 6.45) is 10.8. The molecule has 14 heavy (non-hydrogen) atoms. The third kappa shape index (κ3) is 1.13. The molecule has 0 amide bonds. The Labute approximate surface area is 84.7 Å². The van der Waals surface area contributed by atoms with Gasteiger partial charge in [0.2, 0.25) is 0 Å². The van der Waals surface area contributed by atoms with Gasteiger partial charge in [-0.1, -0.05) is 6.42 Å². The minimum Gasteiger partial charge on any atom is -0.381 e. The smallest absolute Gasteiger partial charge is 0.0529 e. The largest absolute Gasteiger partial charge is 0.381 e. The Hall–Kier alpha value is -1.05. The van der Waals surface area contributed by atoms with Crippen molar-refractivity contribution in [2.24, 2.45) is 5.41 Å². The van der Waals surface area contributed by atoms with Crippen molar-refractivity contribution >= 4 is 5.69 Å². The fourth-order valence-electron chi connectivity index (χ4n) is 2.80. The van der Waals surface area contributed by atoms with E-state index < -0.39 is 0 Å². The Morgan fingerprint density at radius 3 is 2.79 bits per heavy atom. The van der Waals surface area contributed by atoms with Crippen LogP contribution >= 0.6 is 0 Å². The van der Waals surface area contributed by atoms with Crippen molar-refractivity contribution < 1.29 is 0 Å². The van der Waals surface area contributed by atoms with Crippen LogP contribution in [0.15, 0.2) is 24.5 Å². The molecule has 0 radical (unpaired) electrons. The second-order valence-corrected chi connectivity index (χ2v) is 4.69. The summed E-state index contributed by atoms with van der Waals surface area (Å²) in [4.78, 5) is 4.13. The van der Waals surface area contributed by atoms with Crippen LogP contribution in [0.1, 0.15) is 32.1 Å². The first-order valence-corrected chi connectivity index (χ1v) is 5.56. The molecule has 1 heterocycles. The van der Waals surface area contributed by atoms with Gasteiger partial charge in [0.15, 0.2) is 0 Å². The van der Waals surface area contributed by atoms with Gasteiger partial charge in [-0.15, -0.1) is 0 Å². The summed E-state index contributed by atoms with van der Waals surface area (Å²) in [6.45, 7) is 0. The van der Waals surface area contributed by atoms with Crippen molar-refractivity contribution in [3.05, 3.63) is 24.5 Å². The molecule has 1 N–H and O–H groups in total. The van der Waals surface area contributed by atoms with Crippen LogP contribution in [-0.2, 0) is 0 Å². The summed E-state index contributed by atoms with van der Waals surface area (Å²) < 4.78 is 0. The lowest BCUT2D eigenvalue weighted by molar-refractivity contribution is 0.0130. The summed E-state index contributed by atoms with van der Waals surface area (Å²) in [7, 11) is 0. The van der Waals surface area contributed by atoms with E-state index in [1.807, 2.05) is 18.5 Å². The van der Waals surface area contributed by atoms with Crippen LogP contribution in [-0.4, -0.2) is 11.0 Å². The van der Waals surface area contributed by atoms with E-state index in [9.17, 15) is 0 Å². The predicted molar refractivity (Wildman–Crippen MR) is 57.2 cm³/mol. The molecule has 74 valence electrons. The van der Waals surface area contributed by atoms with Gasteiger partial charge in [0.05, 0.1) is 5.69 Å². The molecule has 0 aliphatic heterocycles. The van der Waals surface area contributed by atoms with Gasteiger partial charge < -0.3 is 5.32 Å². The summed E-state index contributed by atoms with van der Waals surface area (Å²) in [6, 6.07) is 4.83. The first-order valence-electron chi connectivity index (χ1n) is 5.56. The normalized spacial score (nSPS) is 27.9. The predicted octanol–water partition coefficient (Wildman–Crippen LogP) is 2.83. The molecular formula is C12H16N2. The van der Waals surface area contributed by atoms with Crippen molar-refractivity contribution in [3.8, 4) is 0 Å². The highest BCUT2D eigenvalue weighted by atomic mass is 15.0. The number of nitrogens with zero attached hydrogens (tertiary/aromatic N) is 1. The zero-order valence-electron chi connectivity index (χ0n) is 8.37. The van der Waals surface area contributed by atoms with E-state index in [1.165, 1.54) is 37.8 Å². The number of anilines is 1. The van der Waals surface area contributed by atoms with Gasteiger partial charge in [0, 0.05) is 18.4 Å². The summed E-state index contributed by atoms with van der Waals surface area (Å²) in [5.74, 6) is 0. The Morgan fingerprint density at radius 2 is 2.29 bits per heavy atom. The standard InChI is InChI=1S/C12H16N2/c1-3-10(9-13-8-1)14-11-4-7-12(11)5-2-6-12/h1,3,8-9,11,14H,2,4-7H2. The first kappa shape index (κ1) is 8.27. The highest BCUT2D eigenvalue weighted by Gasteiger charge is 2.50. The number of pyridine rings is 1. The highest BCUT2D eigenvalue weighted by Crippen LogP contribution is 2.56. The maximum absolute atomic E-state index is 4.13. The molecule has 1 unspecified atom stereocenters. The lowest BCUT2D eigenvalue weighted by Crippen LogP contribution is -2.53. The Morgan fingerprint density at radius 1 is 1.36 bits per heavy atom. The van der Waals surface area contributed by atoms with Gasteiger partial charge in [-0.2, -0.15) is 0 Å². The fraction of sp³-hybridized carbons (Fsp3) is 0.583.